The Balaban J connectivity index is 1.54. The van der Waals surface area contributed by atoms with Crippen molar-refractivity contribution in [1.29, 1.82) is 0 Å². The maximum Gasteiger partial charge on any atom is 0.157 e. The summed E-state index contributed by atoms with van der Waals surface area (Å²) in [6.45, 7) is 2.79. The van der Waals surface area contributed by atoms with Gasteiger partial charge in [0, 0.05) is 30.4 Å². The molecule has 1 aliphatic carbocycles. The van der Waals surface area contributed by atoms with Gasteiger partial charge < -0.3 is 10.1 Å². The minimum Gasteiger partial charge on any atom is -0.381 e. The van der Waals surface area contributed by atoms with Gasteiger partial charge in [0.2, 0.25) is 0 Å². The van der Waals surface area contributed by atoms with Crippen molar-refractivity contribution in [3.8, 4) is 0 Å². The molecule has 1 N–H and O–H groups in total. The normalized spacial score (nSPS) is 35.0. The second-order valence-corrected chi connectivity index (χ2v) is 6.24. The van der Waals surface area contributed by atoms with E-state index in [1.165, 1.54) is 43.0 Å². The molecule has 0 bridgehead atoms. The number of nitrogens with one attached hydrogen (secondary N) is 1. The predicted octanol–water partition coefficient (Wildman–Crippen LogP) is 2.03. The van der Waals surface area contributed by atoms with E-state index in [9.17, 15) is 0 Å². The first-order valence-corrected chi connectivity index (χ1v) is 7.38. The Hall–Kier alpha value is -0.220. The van der Waals surface area contributed by atoms with E-state index in [1.807, 2.05) is 11.8 Å². The third-order valence-corrected chi connectivity index (χ3v) is 5.14. The largest absolute Gasteiger partial charge is 0.381 e. The van der Waals surface area contributed by atoms with Crippen molar-refractivity contribution < 1.29 is 4.74 Å². The molecular weight excluding hydrogens is 220 g/mol. The Morgan fingerprint density at radius 1 is 1.44 bits per heavy atom. The number of ether oxygens (including phenoxy) is 1. The molecule has 2 aliphatic heterocycles. The first kappa shape index (κ1) is 10.9. The topological polar surface area (TPSA) is 33.6 Å². The van der Waals surface area contributed by atoms with Gasteiger partial charge in [-0.25, -0.2) is 0 Å². The fourth-order valence-corrected chi connectivity index (χ4v) is 4.08. The van der Waals surface area contributed by atoms with E-state index < -0.39 is 0 Å². The third-order valence-electron chi connectivity index (χ3n) is 3.94. The van der Waals surface area contributed by atoms with Crippen LogP contribution in [0.5, 0.6) is 0 Å². The van der Waals surface area contributed by atoms with Gasteiger partial charge in [-0.1, -0.05) is 24.6 Å². The average molecular weight is 240 g/mol. The molecule has 3 nitrogen and oxygen atoms in total. The van der Waals surface area contributed by atoms with Crippen LogP contribution in [0.4, 0.5) is 0 Å². The van der Waals surface area contributed by atoms with E-state index in [2.05, 4.69) is 5.32 Å². The minimum absolute atomic E-state index is 0.412. The summed E-state index contributed by atoms with van der Waals surface area (Å²) in [6.07, 6.45) is 6.64. The van der Waals surface area contributed by atoms with Gasteiger partial charge in [0.25, 0.3) is 0 Å². The number of hydrogen-bond acceptors (Lipinski definition) is 3. The lowest BCUT2D eigenvalue weighted by Gasteiger charge is -2.21. The van der Waals surface area contributed by atoms with Crippen molar-refractivity contribution in [1.82, 2.24) is 5.32 Å². The number of amidine groups is 1. The molecule has 1 atom stereocenters. The minimum atomic E-state index is 0.412. The van der Waals surface area contributed by atoms with Gasteiger partial charge in [0.05, 0.1) is 6.61 Å². The third kappa shape index (κ3) is 2.23. The molecule has 3 rings (SSSR count). The van der Waals surface area contributed by atoms with E-state index in [0.29, 0.717) is 11.5 Å². The van der Waals surface area contributed by atoms with Crippen LogP contribution in [-0.2, 0) is 4.74 Å². The fourth-order valence-electron chi connectivity index (χ4n) is 2.85. The Bertz CT molecular complexity index is 281. The monoisotopic (exact) mass is 240 g/mol. The Morgan fingerprint density at radius 3 is 3.06 bits per heavy atom. The molecule has 3 fully saturated rings. The molecule has 0 aromatic heterocycles. The molecule has 3 aliphatic rings. The number of hydrogen-bond donors (Lipinski definition) is 1. The van der Waals surface area contributed by atoms with E-state index in [4.69, 9.17) is 9.73 Å². The Kier molecular flexibility index (Phi) is 3.11. The van der Waals surface area contributed by atoms with Gasteiger partial charge in [-0.3, -0.25) is 4.99 Å². The molecule has 0 aromatic rings. The Labute approximate surface area is 101 Å². The summed E-state index contributed by atoms with van der Waals surface area (Å²) in [4.78, 5) is 4.71. The highest BCUT2D eigenvalue weighted by atomic mass is 32.2. The zero-order chi connectivity index (χ0) is 10.8. The van der Waals surface area contributed by atoms with E-state index in [-0.39, 0.29) is 0 Å². The molecule has 0 radical (unpaired) electrons. The lowest BCUT2D eigenvalue weighted by Crippen LogP contribution is -2.40. The zero-order valence-electron chi connectivity index (χ0n) is 9.71. The standard InChI is InChI=1S/C12H20N2OS/c1-2-5-12(4-1)9-16-11(14-12)13-7-10-3-6-15-8-10/h10H,1-9H2,(H,13,14). The van der Waals surface area contributed by atoms with Gasteiger partial charge >= 0.3 is 0 Å². The Morgan fingerprint density at radius 2 is 2.31 bits per heavy atom. The highest BCUT2D eigenvalue weighted by Crippen LogP contribution is 2.37. The SMILES string of the molecule is C1CCC2(C1)CSC(=NCC1CCOC1)N2. The molecule has 1 saturated carbocycles. The van der Waals surface area contributed by atoms with Crippen molar-refractivity contribution in [3.05, 3.63) is 0 Å². The second-order valence-electron chi connectivity index (χ2n) is 5.28. The summed E-state index contributed by atoms with van der Waals surface area (Å²) in [5.74, 6) is 1.89. The second kappa shape index (κ2) is 4.57. The molecule has 1 unspecified atom stereocenters. The summed E-state index contributed by atoms with van der Waals surface area (Å²) in [5.41, 5.74) is 0.412. The van der Waals surface area contributed by atoms with Gasteiger partial charge in [-0.2, -0.15) is 0 Å². The van der Waals surface area contributed by atoms with Crippen molar-refractivity contribution in [2.75, 3.05) is 25.5 Å². The summed E-state index contributed by atoms with van der Waals surface area (Å²) >= 11 is 1.92. The maximum atomic E-state index is 5.37. The van der Waals surface area contributed by atoms with Crippen LogP contribution in [0.3, 0.4) is 0 Å². The molecule has 0 amide bonds. The molecule has 0 aromatic carbocycles. The lowest BCUT2D eigenvalue weighted by atomic mass is 10.0. The van der Waals surface area contributed by atoms with Crippen molar-refractivity contribution in [3.63, 3.8) is 0 Å². The van der Waals surface area contributed by atoms with Crippen LogP contribution in [0.2, 0.25) is 0 Å². The zero-order valence-corrected chi connectivity index (χ0v) is 10.5. The molecule has 4 heteroatoms. The van der Waals surface area contributed by atoms with Gasteiger partial charge in [0.15, 0.2) is 5.17 Å². The summed E-state index contributed by atoms with van der Waals surface area (Å²) in [7, 11) is 0. The first-order valence-electron chi connectivity index (χ1n) is 6.40. The molecule has 2 saturated heterocycles. The summed E-state index contributed by atoms with van der Waals surface area (Å²) in [6, 6.07) is 0. The smallest absolute Gasteiger partial charge is 0.157 e. The van der Waals surface area contributed by atoms with Crippen LogP contribution in [0, 0.1) is 5.92 Å². The fraction of sp³-hybridized carbons (Fsp3) is 0.917. The van der Waals surface area contributed by atoms with Crippen LogP contribution in [0.1, 0.15) is 32.1 Å². The predicted molar refractivity (Wildman–Crippen MR) is 68.0 cm³/mol. The van der Waals surface area contributed by atoms with Crippen molar-refractivity contribution in [2.45, 2.75) is 37.6 Å². The van der Waals surface area contributed by atoms with E-state index in [1.54, 1.807) is 0 Å². The average Bonchev–Trinajstić information content (AvgIpc) is 3.01. The molecule has 1 spiro atoms. The van der Waals surface area contributed by atoms with Crippen LogP contribution < -0.4 is 5.32 Å². The van der Waals surface area contributed by atoms with E-state index >= 15 is 0 Å². The molecule has 2 heterocycles. The van der Waals surface area contributed by atoms with Crippen LogP contribution in [0.25, 0.3) is 0 Å². The molecule has 16 heavy (non-hydrogen) atoms. The van der Waals surface area contributed by atoms with Gasteiger partial charge in [-0.05, 0) is 19.3 Å². The first-order chi connectivity index (χ1) is 7.86. The summed E-state index contributed by atoms with van der Waals surface area (Å²) < 4.78 is 5.37. The van der Waals surface area contributed by atoms with Crippen molar-refractivity contribution in [2.24, 2.45) is 10.9 Å². The quantitative estimate of drug-likeness (QED) is 0.802. The highest BCUT2D eigenvalue weighted by molar-refractivity contribution is 8.14. The van der Waals surface area contributed by atoms with Gasteiger partial charge in [0.1, 0.15) is 0 Å². The van der Waals surface area contributed by atoms with E-state index in [0.717, 1.165) is 19.8 Å². The van der Waals surface area contributed by atoms with Crippen LogP contribution >= 0.6 is 11.8 Å². The lowest BCUT2D eigenvalue weighted by molar-refractivity contribution is 0.187. The highest BCUT2D eigenvalue weighted by Gasteiger charge is 2.39. The maximum absolute atomic E-state index is 5.37. The number of nitrogens with zero attached hydrogens (tertiary/aromatic N) is 1. The molecule has 90 valence electrons. The number of rotatable bonds is 2. The number of thioether (sulfide) groups is 1. The van der Waals surface area contributed by atoms with Crippen LogP contribution in [-0.4, -0.2) is 36.2 Å². The van der Waals surface area contributed by atoms with Crippen molar-refractivity contribution >= 4 is 16.9 Å². The number of aliphatic imine (C=N–C) groups is 1. The van der Waals surface area contributed by atoms with Crippen LogP contribution in [0.15, 0.2) is 4.99 Å². The summed E-state index contributed by atoms with van der Waals surface area (Å²) in [5, 5.41) is 4.85. The molecular formula is C12H20N2OS. The van der Waals surface area contributed by atoms with Gasteiger partial charge in [-0.15, -0.1) is 0 Å².